The molecule has 0 heterocycles. The Labute approximate surface area is 42.1 Å². The van der Waals surface area contributed by atoms with Crippen LogP contribution >= 0.6 is 0 Å². The fraction of sp³-hybridized carbons (Fsp3) is 1.00. The molecule has 0 rings (SSSR count). The molecule has 1 heteroatoms. The van der Waals surface area contributed by atoms with E-state index in [1.54, 1.807) is 0 Å². The van der Waals surface area contributed by atoms with Crippen molar-refractivity contribution in [2.75, 3.05) is 0 Å². The standard InChI is InChI=1S/2C2H5.Pd/c2*1-2;/h2*1H2,2H3;. The van der Waals surface area contributed by atoms with Gasteiger partial charge in [-0.25, -0.2) is 0 Å². The minimum atomic E-state index is 1.04. The van der Waals surface area contributed by atoms with Crippen LogP contribution in [0.3, 0.4) is 0 Å². The molecule has 0 aliphatic rings. The molecule has 0 aliphatic carbocycles. The van der Waals surface area contributed by atoms with Gasteiger partial charge < -0.3 is 0 Å². The quantitative estimate of drug-likeness (QED) is 0.548. The summed E-state index contributed by atoms with van der Waals surface area (Å²) in [5, 5.41) is 0. The molecule has 0 aliphatic heterocycles. The third kappa shape index (κ3) is 4.66. The fourth-order valence-corrected chi connectivity index (χ4v) is 0.935. The fourth-order valence-electron chi connectivity index (χ4n) is 0.158. The van der Waals surface area contributed by atoms with Gasteiger partial charge in [0, 0.05) is 0 Å². The van der Waals surface area contributed by atoms with Crippen LogP contribution in [-0.4, -0.2) is 0 Å². The summed E-state index contributed by atoms with van der Waals surface area (Å²) in [5.41, 5.74) is 0. The van der Waals surface area contributed by atoms with Crippen molar-refractivity contribution in [1.82, 2.24) is 0 Å². The van der Waals surface area contributed by atoms with Gasteiger partial charge in [0.1, 0.15) is 0 Å². The van der Waals surface area contributed by atoms with Crippen LogP contribution in [-0.2, 0) is 18.0 Å². The average Bonchev–Trinajstić information content (AvgIpc) is 1.41. The number of rotatable bonds is 2. The molecular formula is C4H10Pd. The molecule has 5 heavy (non-hydrogen) atoms. The summed E-state index contributed by atoms with van der Waals surface area (Å²) in [7, 11) is 0. The predicted molar refractivity (Wildman–Crippen MR) is 21.0 cm³/mol. The van der Waals surface area contributed by atoms with Gasteiger partial charge in [0.15, 0.2) is 0 Å². The minimum absolute atomic E-state index is 1.04. The van der Waals surface area contributed by atoms with Gasteiger partial charge in [-0.1, -0.05) is 0 Å². The van der Waals surface area contributed by atoms with E-state index in [2.05, 4.69) is 13.8 Å². The van der Waals surface area contributed by atoms with Crippen LogP contribution in [0.2, 0.25) is 9.79 Å². The van der Waals surface area contributed by atoms with E-state index in [4.69, 9.17) is 0 Å². The second-order valence-electron chi connectivity index (χ2n) is 0.605. The molecule has 0 amide bonds. The summed E-state index contributed by atoms with van der Waals surface area (Å²) in [5.74, 6) is 0. The van der Waals surface area contributed by atoms with Crippen molar-refractivity contribution in [3.05, 3.63) is 0 Å². The van der Waals surface area contributed by atoms with E-state index >= 15 is 0 Å². The normalized spacial score (nSPS) is 9.20. The first-order valence-electron chi connectivity index (χ1n) is 1.86. The van der Waals surface area contributed by atoms with Gasteiger partial charge in [0.25, 0.3) is 0 Å². The van der Waals surface area contributed by atoms with Gasteiger partial charge in [-0.05, 0) is 0 Å². The van der Waals surface area contributed by atoms with Crippen LogP contribution in [0.5, 0.6) is 0 Å². The van der Waals surface area contributed by atoms with Gasteiger partial charge in [-0.2, -0.15) is 0 Å². The summed E-state index contributed by atoms with van der Waals surface area (Å²) in [6.07, 6.45) is 0. The molecule has 0 radical (unpaired) electrons. The van der Waals surface area contributed by atoms with E-state index in [1.165, 1.54) is 9.79 Å². The zero-order valence-electron chi connectivity index (χ0n) is 3.73. The molecule has 0 aromatic heterocycles. The molecule has 0 spiro atoms. The van der Waals surface area contributed by atoms with Gasteiger partial charge in [0.05, 0.1) is 0 Å². The van der Waals surface area contributed by atoms with Crippen LogP contribution < -0.4 is 0 Å². The molecule has 0 saturated heterocycles. The topological polar surface area (TPSA) is 0 Å². The molecule has 0 atom stereocenters. The van der Waals surface area contributed by atoms with Gasteiger partial charge in [0.2, 0.25) is 0 Å². The van der Waals surface area contributed by atoms with Crippen LogP contribution in [0.15, 0.2) is 0 Å². The molecule has 0 aromatic carbocycles. The second-order valence-corrected chi connectivity index (χ2v) is 3.58. The number of hydrogen-bond acceptors (Lipinski definition) is 0. The first-order chi connectivity index (χ1) is 2.41. The van der Waals surface area contributed by atoms with Crippen molar-refractivity contribution >= 4 is 0 Å². The van der Waals surface area contributed by atoms with Crippen LogP contribution in [0.4, 0.5) is 0 Å². The summed E-state index contributed by atoms with van der Waals surface area (Å²) in [4.78, 5) is 2.79. The van der Waals surface area contributed by atoms with E-state index in [0.29, 0.717) is 0 Å². The summed E-state index contributed by atoms with van der Waals surface area (Å²) in [6.45, 7) is 4.47. The maximum absolute atomic E-state index is 2.23. The molecule has 0 aromatic rings. The van der Waals surface area contributed by atoms with Crippen molar-refractivity contribution in [3.63, 3.8) is 0 Å². The van der Waals surface area contributed by atoms with E-state index in [0.717, 1.165) is 18.0 Å². The Bertz CT molecular complexity index is 11.1. The van der Waals surface area contributed by atoms with Gasteiger partial charge >= 0.3 is 41.6 Å². The molecule has 0 fully saturated rings. The van der Waals surface area contributed by atoms with Crippen molar-refractivity contribution < 1.29 is 18.0 Å². The van der Waals surface area contributed by atoms with Crippen LogP contribution in [0.1, 0.15) is 13.8 Å². The predicted octanol–water partition coefficient (Wildman–Crippen LogP) is 1.95. The van der Waals surface area contributed by atoms with Crippen molar-refractivity contribution in [2.24, 2.45) is 0 Å². The van der Waals surface area contributed by atoms with Crippen molar-refractivity contribution in [1.29, 1.82) is 0 Å². The van der Waals surface area contributed by atoms with Crippen molar-refractivity contribution in [3.8, 4) is 0 Å². The Morgan fingerprint density at radius 2 is 1.60 bits per heavy atom. The molecule has 0 saturated carbocycles. The Balaban J connectivity index is 2.19. The molecule has 36 valence electrons. The van der Waals surface area contributed by atoms with Gasteiger partial charge in [-0.15, -0.1) is 0 Å². The first-order valence-corrected chi connectivity index (χ1v) is 4.06. The SMILES string of the molecule is C[CH2][Pd][CH2]C. The first kappa shape index (κ1) is 5.66. The third-order valence-corrected chi connectivity index (χ3v) is 1.87. The number of hydrogen-bond donors (Lipinski definition) is 0. The third-order valence-electron chi connectivity index (χ3n) is 0.316. The summed E-state index contributed by atoms with van der Waals surface area (Å²) < 4.78 is 0. The van der Waals surface area contributed by atoms with E-state index < -0.39 is 0 Å². The Kier molecular flexibility index (Phi) is 5.28. The van der Waals surface area contributed by atoms with Crippen LogP contribution in [0, 0.1) is 0 Å². The van der Waals surface area contributed by atoms with E-state index in [-0.39, 0.29) is 0 Å². The van der Waals surface area contributed by atoms with Gasteiger partial charge in [-0.3, -0.25) is 0 Å². The zero-order valence-corrected chi connectivity index (χ0v) is 5.29. The zero-order chi connectivity index (χ0) is 4.12. The molecule has 0 unspecified atom stereocenters. The van der Waals surface area contributed by atoms with E-state index in [9.17, 15) is 0 Å². The molecular weight excluding hydrogens is 154 g/mol. The van der Waals surface area contributed by atoms with E-state index in [1.807, 2.05) is 0 Å². The summed E-state index contributed by atoms with van der Waals surface area (Å²) >= 11 is 1.04. The molecule has 0 N–H and O–H groups in total. The maximum atomic E-state index is 2.23. The monoisotopic (exact) mass is 164 g/mol. The second kappa shape index (κ2) is 4.66. The Morgan fingerprint density at radius 3 is 1.60 bits per heavy atom. The molecule has 0 bridgehead atoms. The molecule has 0 nitrogen and oxygen atoms in total. The van der Waals surface area contributed by atoms with Crippen LogP contribution in [0.25, 0.3) is 0 Å². The average molecular weight is 165 g/mol. The summed E-state index contributed by atoms with van der Waals surface area (Å²) in [6, 6.07) is 0. The Hall–Kier alpha value is 0.662. The van der Waals surface area contributed by atoms with Crippen molar-refractivity contribution in [2.45, 2.75) is 23.6 Å². The Morgan fingerprint density at radius 1 is 1.20 bits per heavy atom.